The van der Waals surface area contributed by atoms with E-state index >= 15 is 0 Å². The predicted octanol–water partition coefficient (Wildman–Crippen LogP) is 3.20. The van der Waals surface area contributed by atoms with Gasteiger partial charge in [0.1, 0.15) is 10.7 Å². The van der Waals surface area contributed by atoms with Crippen LogP contribution in [0.3, 0.4) is 0 Å². The van der Waals surface area contributed by atoms with Gasteiger partial charge in [-0.25, -0.2) is 0 Å². The zero-order chi connectivity index (χ0) is 15.5. The van der Waals surface area contributed by atoms with E-state index in [1.807, 2.05) is 18.2 Å². The van der Waals surface area contributed by atoms with Gasteiger partial charge in [0, 0.05) is 31.9 Å². The van der Waals surface area contributed by atoms with E-state index in [4.69, 9.17) is 12.2 Å². The summed E-state index contributed by atoms with van der Waals surface area (Å²) in [4.78, 5) is 5.29. The first-order valence-corrected chi connectivity index (χ1v) is 7.95. The van der Waals surface area contributed by atoms with Gasteiger partial charge >= 0.3 is 0 Å². The molecule has 4 heteroatoms. The SMILES string of the molecule is Cc1ccc(N2CCN(C(=S)c3ccccc3O)CC2)cc1. The van der Waals surface area contributed by atoms with Gasteiger partial charge in [0.2, 0.25) is 0 Å². The fourth-order valence-corrected chi connectivity index (χ4v) is 3.10. The summed E-state index contributed by atoms with van der Waals surface area (Å²) in [6.07, 6.45) is 0. The van der Waals surface area contributed by atoms with Gasteiger partial charge in [-0.2, -0.15) is 0 Å². The highest BCUT2D eigenvalue weighted by Gasteiger charge is 2.21. The molecule has 114 valence electrons. The molecule has 1 heterocycles. The fraction of sp³-hybridized carbons (Fsp3) is 0.278. The van der Waals surface area contributed by atoms with Crippen LogP contribution in [0.25, 0.3) is 0 Å². The van der Waals surface area contributed by atoms with Crippen LogP contribution in [0, 0.1) is 6.92 Å². The monoisotopic (exact) mass is 312 g/mol. The lowest BCUT2D eigenvalue weighted by Gasteiger charge is -2.37. The average Bonchev–Trinajstić information content (AvgIpc) is 2.56. The van der Waals surface area contributed by atoms with Crippen molar-refractivity contribution in [1.82, 2.24) is 4.90 Å². The van der Waals surface area contributed by atoms with Crippen LogP contribution in [0.5, 0.6) is 5.75 Å². The molecule has 0 spiro atoms. The summed E-state index contributed by atoms with van der Waals surface area (Å²) in [6.45, 7) is 5.74. The number of thiocarbonyl (C=S) groups is 1. The number of hydrogen-bond donors (Lipinski definition) is 1. The number of benzene rings is 2. The maximum atomic E-state index is 9.94. The van der Waals surface area contributed by atoms with E-state index in [-0.39, 0.29) is 5.75 Å². The number of phenols is 1. The minimum Gasteiger partial charge on any atom is -0.507 e. The summed E-state index contributed by atoms with van der Waals surface area (Å²) in [5.74, 6) is 0.258. The standard InChI is InChI=1S/C18H20N2OS/c1-14-6-8-15(9-7-14)19-10-12-20(13-11-19)18(22)16-4-2-3-5-17(16)21/h2-9,21H,10-13H2,1H3. The number of aromatic hydroxyl groups is 1. The smallest absolute Gasteiger partial charge is 0.125 e. The molecule has 1 saturated heterocycles. The number of aryl methyl sites for hydroxylation is 1. The van der Waals surface area contributed by atoms with Crippen LogP contribution < -0.4 is 4.90 Å². The van der Waals surface area contributed by atoms with E-state index < -0.39 is 0 Å². The minimum absolute atomic E-state index is 0.258. The molecule has 22 heavy (non-hydrogen) atoms. The maximum Gasteiger partial charge on any atom is 0.125 e. The van der Waals surface area contributed by atoms with Crippen LogP contribution in [0.1, 0.15) is 11.1 Å². The molecule has 0 saturated carbocycles. The lowest BCUT2D eigenvalue weighted by atomic mass is 10.1. The van der Waals surface area contributed by atoms with E-state index in [1.165, 1.54) is 11.3 Å². The van der Waals surface area contributed by atoms with Crippen molar-refractivity contribution in [3.05, 3.63) is 59.7 Å². The van der Waals surface area contributed by atoms with Gasteiger partial charge in [-0.15, -0.1) is 0 Å². The van der Waals surface area contributed by atoms with Gasteiger partial charge in [0.05, 0.1) is 5.56 Å². The van der Waals surface area contributed by atoms with Crippen molar-refractivity contribution in [2.75, 3.05) is 31.1 Å². The normalized spacial score (nSPS) is 15.0. The van der Waals surface area contributed by atoms with E-state index in [2.05, 4.69) is 41.0 Å². The van der Waals surface area contributed by atoms with Gasteiger partial charge in [-0.3, -0.25) is 0 Å². The Bertz CT molecular complexity index is 661. The molecular weight excluding hydrogens is 292 g/mol. The van der Waals surface area contributed by atoms with Crippen LogP contribution in [0.2, 0.25) is 0 Å². The number of nitrogens with zero attached hydrogens (tertiary/aromatic N) is 2. The Morgan fingerprint density at radius 2 is 1.59 bits per heavy atom. The van der Waals surface area contributed by atoms with Crippen LogP contribution in [0.15, 0.2) is 48.5 Å². The first kappa shape index (κ1) is 14.9. The third-order valence-corrected chi connectivity index (χ3v) is 4.58. The van der Waals surface area contributed by atoms with Crippen molar-refractivity contribution in [2.24, 2.45) is 0 Å². The van der Waals surface area contributed by atoms with Gasteiger partial charge in [-0.1, -0.05) is 42.0 Å². The third-order valence-electron chi connectivity index (χ3n) is 4.10. The second-order valence-corrected chi connectivity index (χ2v) is 6.02. The highest BCUT2D eigenvalue weighted by atomic mass is 32.1. The second kappa shape index (κ2) is 6.36. The number of para-hydroxylation sites is 1. The van der Waals surface area contributed by atoms with Crippen molar-refractivity contribution in [1.29, 1.82) is 0 Å². The molecule has 0 aromatic heterocycles. The van der Waals surface area contributed by atoms with E-state index in [1.54, 1.807) is 6.07 Å². The summed E-state index contributed by atoms with van der Waals surface area (Å²) < 4.78 is 0. The van der Waals surface area contributed by atoms with Crippen molar-refractivity contribution in [3.63, 3.8) is 0 Å². The van der Waals surface area contributed by atoms with Crippen molar-refractivity contribution >= 4 is 22.9 Å². The molecule has 1 N–H and O–H groups in total. The lowest BCUT2D eigenvalue weighted by Crippen LogP contribution is -2.48. The van der Waals surface area contributed by atoms with Crippen LogP contribution >= 0.6 is 12.2 Å². The van der Waals surface area contributed by atoms with Crippen LogP contribution in [-0.2, 0) is 0 Å². The molecule has 2 aromatic rings. The van der Waals surface area contributed by atoms with Crippen molar-refractivity contribution in [3.8, 4) is 5.75 Å². The Morgan fingerprint density at radius 3 is 2.23 bits per heavy atom. The zero-order valence-corrected chi connectivity index (χ0v) is 13.5. The van der Waals surface area contributed by atoms with Gasteiger partial charge in [0.25, 0.3) is 0 Å². The maximum absolute atomic E-state index is 9.94. The summed E-state index contributed by atoms with van der Waals surface area (Å²) in [7, 11) is 0. The topological polar surface area (TPSA) is 26.7 Å². The highest BCUT2D eigenvalue weighted by molar-refractivity contribution is 7.80. The molecule has 3 nitrogen and oxygen atoms in total. The van der Waals surface area contributed by atoms with Gasteiger partial charge in [-0.05, 0) is 31.2 Å². The van der Waals surface area contributed by atoms with Gasteiger partial charge in [0.15, 0.2) is 0 Å². The molecule has 1 aliphatic rings. The quantitative estimate of drug-likeness (QED) is 0.862. The summed E-state index contributed by atoms with van der Waals surface area (Å²) in [5.41, 5.74) is 3.29. The molecule has 3 rings (SSSR count). The van der Waals surface area contributed by atoms with E-state index in [0.717, 1.165) is 36.7 Å². The number of hydrogen-bond acceptors (Lipinski definition) is 3. The lowest BCUT2D eigenvalue weighted by molar-refractivity contribution is 0.390. The Balaban J connectivity index is 1.65. The first-order valence-electron chi connectivity index (χ1n) is 7.54. The van der Waals surface area contributed by atoms with Crippen molar-refractivity contribution in [2.45, 2.75) is 6.92 Å². The molecule has 1 aliphatic heterocycles. The molecule has 0 atom stereocenters. The number of rotatable bonds is 2. The molecular formula is C18H20N2OS. The Labute approximate surface area is 136 Å². The van der Waals surface area contributed by atoms with Crippen LogP contribution in [0.4, 0.5) is 5.69 Å². The second-order valence-electron chi connectivity index (χ2n) is 5.63. The van der Waals surface area contributed by atoms with Gasteiger partial charge < -0.3 is 14.9 Å². The molecule has 2 aromatic carbocycles. The Morgan fingerprint density at radius 1 is 0.955 bits per heavy atom. The third kappa shape index (κ3) is 3.07. The van der Waals surface area contributed by atoms with Crippen molar-refractivity contribution < 1.29 is 5.11 Å². The number of phenolic OH excluding ortho intramolecular Hbond substituents is 1. The number of anilines is 1. The molecule has 0 aliphatic carbocycles. The Hall–Kier alpha value is -2.07. The number of piperazine rings is 1. The zero-order valence-electron chi connectivity index (χ0n) is 12.7. The Kier molecular flexibility index (Phi) is 4.29. The van der Waals surface area contributed by atoms with E-state index in [9.17, 15) is 5.11 Å². The molecule has 0 bridgehead atoms. The average molecular weight is 312 g/mol. The largest absolute Gasteiger partial charge is 0.507 e. The predicted molar refractivity (Wildman–Crippen MR) is 94.8 cm³/mol. The highest BCUT2D eigenvalue weighted by Crippen LogP contribution is 2.21. The molecule has 0 amide bonds. The van der Waals surface area contributed by atoms with E-state index in [0.29, 0.717) is 0 Å². The molecule has 1 fully saturated rings. The van der Waals surface area contributed by atoms with Crippen LogP contribution in [-0.4, -0.2) is 41.2 Å². The summed E-state index contributed by atoms with van der Waals surface area (Å²) in [5, 5.41) is 9.94. The minimum atomic E-state index is 0.258. The first-order chi connectivity index (χ1) is 10.6. The summed E-state index contributed by atoms with van der Waals surface area (Å²) in [6, 6.07) is 15.9. The fourth-order valence-electron chi connectivity index (χ4n) is 2.75. The summed E-state index contributed by atoms with van der Waals surface area (Å²) >= 11 is 5.55. The molecule has 0 unspecified atom stereocenters. The molecule has 0 radical (unpaired) electrons.